The number of nitrogens with zero attached hydrogens (tertiary/aromatic N) is 3. The summed E-state index contributed by atoms with van der Waals surface area (Å²) < 4.78 is 0. The van der Waals surface area contributed by atoms with Crippen molar-refractivity contribution < 1.29 is 0 Å². The summed E-state index contributed by atoms with van der Waals surface area (Å²) in [5, 5.41) is 3.43. The first-order valence-corrected chi connectivity index (χ1v) is 8.78. The fraction of sp³-hybridized carbons (Fsp3) is 1.00. The van der Waals surface area contributed by atoms with Crippen molar-refractivity contribution in [3.8, 4) is 0 Å². The van der Waals surface area contributed by atoms with Gasteiger partial charge in [-0.15, -0.1) is 0 Å². The lowest BCUT2D eigenvalue weighted by molar-refractivity contribution is 0.133. The fourth-order valence-corrected chi connectivity index (χ4v) is 3.94. The highest BCUT2D eigenvalue weighted by Gasteiger charge is 2.23. The molecule has 0 spiro atoms. The van der Waals surface area contributed by atoms with Crippen LogP contribution >= 0.6 is 0 Å². The van der Waals surface area contributed by atoms with Crippen molar-refractivity contribution in [1.82, 2.24) is 20.0 Å². The summed E-state index contributed by atoms with van der Waals surface area (Å²) in [6.45, 7) is 14.2. The van der Waals surface area contributed by atoms with Crippen LogP contribution in [0.1, 0.15) is 25.7 Å². The van der Waals surface area contributed by atoms with Crippen molar-refractivity contribution in [3.05, 3.63) is 0 Å². The minimum atomic E-state index is 0.975. The molecule has 0 saturated carbocycles. The van der Waals surface area contributed by atoms with Crippen molar-refractivity contribution in [2.45, 2.75) is 25.7 Å². The number of nitrogens with one attached hydrogen (secondary N) is 1. The van der Waals surface area contributed by atoms with Crippen LogP contribution < -0.4 is 5.32 Å². The Kier molecular flexibility index (Phi) is 5.71. The summed E-state index contributed by atoms with van der Waals surface area (Å²) in [7, 11) is 0. The number of piperazine rings is 1. The van der Waals surface area contributed by atoms with Gasteiger partial charge in [-0.2, -0.15) is 0 Å². The van der Waals surface area contributed by atoms with Crippen LogP contribution in [-0.2, 0) is 0 Å². The molecule has 0 amide bonds. The second-order valence-corrected chi connectivity index (χ2v) is 6.88. The maximum absolute atomic E-state index is 3.43. The molecule has 0 aromatic rings. The van der Waals surface area contributed by atoms with Gasteiger partial charge in [-0.1, -0.05) is 0 Å². The summed E-state index contributed by atoms with van der Waals surface area (Å²) in [6, 6.07) is 0. The number of hydrogen-bond donors (Lipinski definition) is 1. The van der Waals surface area contributed by atoms with Gasteiger partial charge in [0.1, 0.15) is 0 Å². The maximum atomic E-state index is 3.43. The lowest BCUT2D eigenvalue weighted by Crippen LogP contribution is -2.47. The zero-order valence-corrected chi connectivity index (χ0v) is 13.0. The molecule has 3 saturated heterocycles. The largest absolute Gasteiger partial charge is 0.314 e. The molecule has 3 rings (SSSR count). The molecule has 0 atom stereocenters. The summed E-state index contributed by atoms with van der Waals surface area (Å²) in [5.41, 5.74) is 0. The molecular formula is C16H32N4. The molecule has 1 N–H and O–H groups in total. The second-order valence-electron chi connectivity index (χ2n) is 6.88. The molecule has 116 valence electrons. The first-order valence-electron chi connectivity index (χ1n) is 8.78. The van der Waals surface area contributed by atoms with E-state index in [1.165, 1.54) is 97.7 Å². The Labute approximate surface area is 124 Å². The monoisotopic (exact) mass is 280 g/mol. The fourth-order valence-electron chi connectivity index (χ4n) is 3.94. The molecule has 3 fully saturated rings. The molecule has 0 bridgehead atoms. The van der Waals surface area contributed by atoms with E-state index in [-0.39, 0.29) is 0 Å². The van der Waals surface area contributed by atoms with Crippen molar-refractivity contribution in [2.24, 2.45) is 5.92 Å². The minimum Gasteiger partial charge on any atom is -0.314 e. The Bertz CT molecular complexity index is 264. The van der Waals surface area contributed by atoms with E-state index >= 15 is 0 Å². The van der Waals surface area contributed by atoms with E-state index < -0.39 is 0 Å². The average molecular weight is 280 g/mol. The average Bonchev–Trinajstić information content (AvgIpc) is 3.01. The van der Waals surface area contributed by atoms with E-state index in [4.69, 9.17) is 0 Å². The van der Waals surface area contributed by atoms with E-state index in [2.05, 4.69) is 20.0 Å². The van der Waals surface area contributed by atoms with Crippen molar-refractivity contribution in [2.75, 3.05) is 72.0 Å². The number of hydrogen-bond acceptors (Lipinski definition) is 4. The Balaban J connectivity index is 1.29. The van der Waals surface area contributed by atoms with Gasteiger partial charge in [0.2, 0.25) is 0 Å². The Hall–Kier alpha value is -0.160. The van der Waals surface area contributed by atoms with Gasteiger partial charge in [-0.05, 0) is 57.8 Å². The summed E-state index contributed by atoms with van der Waals surface area (Å²) >= 11 is 0. The van der Waals surface area contributed by atoms with Crippen LogP contribution in [0, 0.1) is 5.92 Å². The van der Waals surface area contributed by atoms with Gasteiger partial charge in [0, 0.05) is 45.8 Å². The van der Waals surface area contributed by atoms with Crippen LogP contribution in [0.25, 0.3) is 0 Å². The minimum absolute atomic E-state index is 0.975. The predicted molar refractivity (Wildman–Crippen MR) is 84.1 cm³/mol. The quantitative estimate of drug-likeness (QED) is 0.800. The van der Waals surface area contributed by atoms with Gasteiger partial charge in [0.25, 0.3) is 0 Å². The Morgan fingerprint density at radius 1 is 0.700 bits per heavy atom. The van der Waals surface area contributed by atoms with Gasteiger partial charge in [-0.3, -0.25) is 4.90 Å². The Morgan fingerprint density at radius 2 is 1.30 bits per heavy atom. The van der Waals surface area contributed by atoms with Crippen LogP contribution in [0.15, 0.2) is 0 Å². The van der Waals surface area contributed by atoms with E-state index in [0.717, 1.165) is 5.92 Å². The number of likely N-dealkylation sites (tertiary alicyclic amines) is 2. The standard InChI is InChI=1S/C16H32N4/c1-2-8-20(7-1)15-16-3-9-18(10-4-16)13-14-19-11-5-17-6-12-19/h16-17H,1-15H2. The molecule has 3 aliphatic rings. The molecule has 4 heteroatoms. The zero-order chi connectivity index (χ0) is 13.6. The molecule has 0 unspecified atom stereocenters. The lowest BCUT2D eigenvalue weighted by atomic mass is 9.96. The molecule has 0 aliphatic carbocycles. The van der Waals surface area contributed by atoms with Crippen LogP contribution in [-0.4, -0.2) is 86.7 Å². The molecule has 3 heterocycles. The number of piperidine rings is 1. The highest BCUT2D eigenvalue weighted by atomic mass is 15.2. The number of rotatable bonds is 5. The third-order valence-electron chi connectivity index (χ3n) is 5.36. The zero-order valence-electron chi connectivity index (χ0n) is 13.0. The van der Waals surface area contributed by atoms with Gasteiger partial charge in [0.15, 0.2) is 0 Å². The molecule has 4 nitrogen and oxygen atoms in total. The molecular weight excluding hydrogens is 248 g/mol. The van der Waals surface area contributed by atoms with Crippen LogP contribution in [0.4, 0.5) is 0 Å². The smallest absolute Gasteiger partial charge is 0.0110 e. The summed E-state index contributed by atoms with van der Waals surface area (Å²) in [6.07, 6.45) is 5.73. The van der Waals surface area contributed by atoms with Gasteiger partial charge >= 0.3 is 0 Å². The highest BCUT2D eigenvalue weighted by molar-refractivity contribution is 4.78. The lowest BCUT2D eigenvalue weighted by Gasteiger charge is -2.35. The normalized spacial score (nSPS) is 28.2. The molecule has 0 aromatic heterocycles. The third-order valence-corrected chi connectivity index (χ3v) is 5.36. The first kappa shape index (κ1) is 14.8. The Morgan fingerprint density at radius 3 is 1.95 bits per heavy atom. The van der Waals surface area contributed by atoms with Crippen molar-refractivity contribution in [3.63, 3.8) is 0 Å². The van der Waals surface area contributed by atoms with Gasteiger partial charge in [0.05, 0.1) is 0 Å². The molecule has 3 aliphatic heterocycles. The second kappa shape index (κ2) is 7.74. The van der Waals surface area contributed by atoms with Gasteiger partial charge in [-0.25, -0.2) is 0 Å². The topological polar surface area (TPSA) is 21.8 Å². The van der Waals surface area contributed by atoms with E-state index in [0.29, 0.717) is 0 Å². The summed E-state index contributed by atoms with van der Waals surface area (Å²) in [5.74, 6) is 0.975. The predicted octanol–water partition coefficient (Wildman–Crippen LogP) is 0.699. The van der Waals surface area contributed by atoms with Crippen molar-refractivity contribution >= 4 is 0 Å². The van der Waals surface area contributed by atoms with Crippen LogP contribution in [0.3, 0.4) is 0 Å². The third kappa shape index (κ3) is 4.42. The van der Waals surface area contributed by atoms with E-state index in [1.807, 2.05) is 0 Å². The van der Waals surface area contributed by atoms with Crippen molar-refractivity contribution in [1.29, 1.82) is 0 Å². The molecule has 0 radical (unpaired) electrons. The molecule has 0 aromatic carbocycles. The highest BCUT2D eigenvalue weighted by Crippen LogP contribution is 2.20. The van der Waals surface area contributed by atoms with Gasteiger partial charge < -0.3 is 15.1 Å². The van der Waals surface area contributed by atoms with Crippen LogP contribution in [0.5, 0.6) is 0 Å². The first-order chi connectivity index (χ1) is 9.90. The maximum Gasteiger partial charge on any atom is 0.0110 e. The molecule has 20 heavy (non-hydrogen) atoms. The SMILES string of the molecule is C1CCN(CC2CCN(CCN3CCNCC3)CC2)C1. The summed E-state index contributed by atoms with van der Waals surface area (Å²) in [4.78, 5) is 8.01. The van der Waals surface area contributed by atoms with Crippen LogP contribution in [0.2, 0.25) is 0 Å². The van der Waals surface area contributed by atoms with E-state index in [9.17, 15) is 0 Å². The van der Waals surface area contributed by atoms with E-state index in [1.54, 1.807) is 0 Å².